The minimum absolute atomic E-state index is 0.181. The van der Waals surface area contributed by atoms with Crippen molar-refractivity contribution in [3.63, 3.8) is 0 Å². The molecule has 27 heavy (non-hydrogen) atoms. The Hall–Kier alpha value is -2.46. The lowest BCUT2D eigenvalue weighted by Gasteiger charge is -2.12. The summed E-state index contributed by atoms with van der Waals surface area (Å²) in [6.07, 6.45) is -4.11. The van der Waals surface area contributed by atoms with Gasteiger partial charge in [0.25, 0.3) is 0 Å². The number of nitrogens with one attached hydrogen (secondary N) is 2. The number of carbonyl (C=O) groups excluding carboxylic acids is 1. The molecule has 2 rings (SSSR count). The summed E-state index contributed by atoms with van der Waals surface area (Å²) in [6, 6.07) is 7.86. The fourth-order valence-corrected chi connectivity index (χ4v) is 3.28. The zero-order valence-corrected chi connectivity index (χ0v) is 14.9. The van der Waals surface area contributed by atoms with Crippen LogP contribution in [0.3, 0.4) is 0 Å². The van der Waals surface area contributed by atoms with Gasteiger partial charge in [0.1, 0.15) is 10.7 Å². The van der Waals surface area contributed by atoms with Crippen LogP contribution in [-0.2, 0) is 27.4 Å². The number of hydrogen-bond donors (Lipinski definition) is 2. The second kappa shape index (κ2) is 8.05. The van der Waals surface area contributed by atoms with Crippen molar-refractivity contribution in [2.45, 2.75) is 24.4 Å². The Bertz CT molecular complexity index is 943. The zero-order chi connectivity index (χ0) is 20.2. The highest BCUT2D eigenvalue weighted by Crippen LogP contribution is 2.31. The van der Waals surface area contributed by atoms with Crippen molar-refractivity contribution in [1.29, 1.82) is 0 Å². The van der Waals surface area contributed by atoms with Gasteiger partial charge >= 0.3 is 6.18 Å². The van der Waals surface area contributed by atoms with E-state index in [4.69, 9.17) is 0 Å². The van der Waals surface area contributed by atoms with Gasteiger partial charge in [-0.2, -0.15) is 13.2 Å². The molecule has 2 N–H and O–H groups in total. The highest BCUT2D eigenvalue weighted by Gasteiger charge is 2.33. The van der Waals surface area contributed by atoms with Gasteiger partial charge in [-0.25, -0.2) is 17.5 Å². The number of sulfonamides is 1. The third-order valence-electron chi connectivity index (χ3n) is 3.59. The maximum atomic E-state index is 13.7. The molecule has 2 aromatic rings. The summed E-state index contributed by atoms with van der Waals surface area (Å²) in [4.78, 5) is 10.7. The first-order valence-electron chi connectivity index (χ1n) is 7.78. The van der Waals surface area contributed by atoms with E-state index < -0.39 is 44.9 Å². The molecular weight excluding hydrogens is 388 g/mol. The number of benzene rings is 2. The van der Waals surface area contributed by atoms with Gasteiger partial charge < -0.3 is 5.32 Å². The maximum Gasteiger partial charge on any atom is 0.416 e. The third kappa shape index (κ3) is 5.51. The lowest BCUT2D eigenvalue weighted by molar-refractivity contribution is -0.137. The number of hydrogen-bond acceptors (Lipinski definition) is 3. The molecule has 1 amide bonds. The minimum Gasteiger partial charge on any atom is -0.325 e. The largest absolute Gasteiger partial charge is 0.416 e. The van der Waals surface area contributed by atoms with Crippen molar-refractivity contribution in [1.82, 2.24) is 4.72 Å². The first kappa shape index (κ1) is 20.8. The van der Waals surface area contributed by atoms with E-state index in [1.165, 1.54) is 0 Å². The van der Waals surface area contributed by atoms with E-state index in [0.29, 0.717) is 17.8 Å². The van der Waals surface area contributed by atoms with Gasteiger partial charge in [-0.15, -0.1) is 0 Å². The predicted molar refractivity (Wildman–Crippen MR) is 91.0 cm³/mol. The molecule has 0 aromatic heterocycles. The molecule has 146 valence electrons. The molecule has 0 unspecified atom stereocenters. The molecule has 0 fully saturated rings. The predicted octanol–water partition coefficient (Wildman–Crippen LogP) is 3.32. The molecular formula is C17H16F4N2O3S. The summed E-state index contributed by atoms with van der Waals surface area (Å²) >= 11 is 0. The van der Waals surface area contributed by atoms with Crippen LogP contribution in [0.15, 0.2) is 47.4 Å². The normalized spacial score (nSPS) is 12.0. The smallest absolute Gasteiger partial charge is 0.325 e. The van der Waals surface area contributed by atoms with Crippen LogP contribution in [-0.4, -0.2) is 20.9 Å². The number of anilines is 1. The molecule has 0 saturated carbocycles. The molecule has 5 nitrogen and oxygen atoms in total. The highest BCUT2D eigenvalue weighted by molar-refractivity contribution is 7.89. The fraction of sp³-hybridized carbons (Fsp3) is 0.235. The Labute approximate surface area is 153 Å². The minimum atomic E-state index is -4.83. The second-order valence-corrected chi connectivity index (χ2v) is 7.30. The molecule has 0 radical (unpaired) electrons. The van der Waals surface area contributed by atoms with Crippen LogP contribution in [0.1, 0.15) is 18.1 Å². The van der Waals surface area contributed by atoms with Gasteiger partial charge in [-0.1, -0.05) is 19.1 Å². The van der Waals surface area contributed by atoms with E-state index in [9.17, 15) is 30.8 Å². The number of carbonyl (C=O) groups is 1. The van der Waals surface area contributed by atoms with Crippen molar-refractivity contribution in [2.75, 3.05) is 11.9 Å². The number of alkyl halides is 3. The Morgan fingerprint density at radius 2 is 1.81 bits per heavy atom. The molecule has 10 heteroatoms. The maximum absolute atomic E-state index is 13.7. The van der Waals surface area contributed by atoms with Crippen LogP contribution in [0.2, 0.25) is 0 Å². The van der Waals surface area contributed by atoms with E-state index in [1.54, 1.807) is 22.9 Å². The highest BCUT2D eigenvalue weighted by atomic mass is 32.2. The SMILES string of the molecule is CCc1cccc(NC(=O)CNS(=O)(=O)c2cc(C(F)(F)F)ccc2F)c1. The van der Waals surface area contributed by atoms with Crippen LogP contribution in [0.5, 0.6) is 0 Å². The average molecular weight is 404 g/mol. The monoisotopic (exact) mass is 404 g/mol. The van der Waals surface area contributed by atoms with Gasteiger partial charge in [-0.3, -0.25) is 4.79 Å². The van der Waals surface area contributed by atoms with Crippen molar-refractivity contribution >= 4 is 21.6 Å². The Balaban J connectivity index is 2.11. The molecule has 2 aromatic carbocycles. The van der Waals surface area contributed by atoms with Crippen LogP contribution >= 0.6 is 0 Å². The second-order valence-electron chi connectivity index (χ2n) is 5.57. The summed E-state index contributed by atoms with van der Waals surface area (Å²) in [5, 5.41) is 2.45. The lowest BCUT2D eigenvalue weighted by atomic mass is 10.1. The average Bonchev–Trinajstić information content (AvgIpc) is 2.59. The van der Waals surface area contributed by atoms with Gasteiger partial charge in [0.05, 0.1) is 12.1 Å². The van der Waals surface area contributed by atoms with E-state index in [0.717, 1.165) is 12.0 Å². The van der Waals surface area contributed by atoms with E-state index in [1.807, 2.05) is 13.0 Å². The summed E-state index contributed by atoms with van der Waals surface area (Å²) in [5.41, 5.74) is 0.0633. The lowest BCUT2D eigenvalue weighted by Crippen LogP contribution is -2.33. The van der Waals surface area contributed by atoms with Crippen LogP contribution in [0, 0.1) is 5.82 Å². The molecule has 0 atom stereocenters. The van der Waals surface area contributed by atoms with Crippen LogP contribution in [0.4, 0.5) is 23.2 Å². The number of amides is 1. The zero-order valence-electron chi connectivity index (χ0n) is 14.1. The molecule has 0 spiro atoms. The third-order valence-corrected chi connectivity index (χ3v) is 5.01. The van der Waals surface area contributed by atoms with Crippen molar-refractivity contribution in [2.24, 2.45) is 0 Å². The molecule has 0 heterocycles. The first-order chi connectivity index (χ1) is 12.5. The quantitative estimate of drug-likeness (QED) is 0.726. The Kier molecular flexibility index (Phi) is 6.22. The Morgan fingerprint density at radius 1 is 1.11 bits per heavy atom. The van der Waals surface area contributed by atoms with Crippen molar-refractivity contribution in [3.05, 3.63) is 59.4 Å². The molecule has 0 saturated heterocycles. The first-order valence-corrected chi connectivity index (χ1v) is 9.26. The molecule has 0 aliphatic carbocycles. The van der Waals surface area contributed by atoms with Crippen molar-refractivity contribution in [3.8, 4) is 0 Å². The molecule has 0 aliphatic heterocycles. The van der Waals surface area contributed by atoms with E-state index in [-0.39, 0.29) is 6.07 Å². The van der Waals surface area contributed by atoms with Crippen LogP contribution in [0.25, 0.3) is 0 Å². The standard InChI is InChI=1S/C17H16F4N2O3S/c1-2-11-4-3-5-13(8-11)23-16(24)10-22-27(25,26)15-9-12(17(19,20)21)6-7-14(15)18/h3-9,22H,2,10H2,1H3,(H,23,24). The van der Waals surface area contributed by atoms with Gasteiger partial charge in [0.15, 0.2) is 0 Å². The van der Waals surface area contributed by atoms with Crippen LogP contribution < -0.4 is 10.0 Å². The topological polar surface area (TPSA) is 75.3 Å². The van der Waals surface area contributed by atoms with Crippen molar-refractivity contribution < 1.29 is 30.8 Å². The van der Waals surface area contributed by atoms with Gasteiger partial charge in [0.2, 0.25) is 15.9 Å². The van der Waals surface area contributed by atoms with E-state index >= 15 is 0 Å². The number of rotatable bonds is 6. The summed E-state index contributed by atoms with van der Waals surface area (Å²) in [5.74, 6) is -2.11. The van der Waals surface area contributed by atoms with Gasteiger partial charge in [0, 0.05) is 5.69 Å². The summed E-state index contributed by atoms with van der Waals surface area (Å²) in [6.45, 7) is 1.15. The molecule has 0 bridgehead atoms. The van der Waals surface area contributed by atoms with E-state index in [2.05, 4.69) is 5.32 Å². The number of aryl methyl sites for hydroxylation is 1. The Morgan fingerprint density at radius 3 is 2.44 bits per heavy atom. The fourth-order valence-electron chi connectivity index (χ4n) is 2.20. The molecule has 0 aliphatic rings. The summed E-state index contributed by atoms with van der Waals surface area (Å²) in [7, 11) is -4.66. The van der Waals surface area contributed by atoms with Gasteiger partial charge in [-0.05, 0) is 42.3 Å². The summed E-state index contributed by atoms with van der Waals surface area (Å²) < 4.78 is 77.8. The number of halogens is 4.